The van der Waals surface area contributed by atoms with E-state index in [2.05, 4.69) is 32.6 Å². The Kier molecular flexibility index (Phi) is 6.01. The zero-order chi connectivity index (χ0) is 12.9. The van der Waals surface area contributed by atoms with Gasteiger partial charge in [0.05, 0.1) is 5.84 Å². The Morgan fingerprint density at radius 3 is 2.06 bits per heavy atom. The molecule has 0 atom stereocenters. The summed E-state index contributed by atoms with van der Waals surface area (Å²) in [5, 5.41) is 7.55. The fourth-order valence-electron chi connectivity index (χ4n) is 1.59. The Hall–Kier alpha value is -0.570. The van der Waals surface area contributed by atoms with Crippen LogP contribution in [0, 0.1) is 16.7 Å². The SMILES string of the molecule is CC(C)CN(CCC(C)(C)C(=N)N)C(C)C. The van der Waals surface area contributed by atoms with E-state index >= 15 is 0 Å². The van der Waals surface area contributed by atoms with Crippen molar-refractivity contribution in [3.05, 3.63) is 0 Å². The minimum atomic E-state index is -0.176. The molecule has 16 heavy (non-hydrogen) atoms. The molecule has 0 aliphatic heterocycles. The molecule has 0 aromatic heterocycles. The summed E-state index contributed by atoms with van der Waals surface area (Å²) in [7, 11) is 0. The largest absolute Gasteiger partial charge is 0.387 e. The fourth-order valence-corrected chi connectivity index (χ4v) is 1.59. The maximum atomic E-state index is 7.55. The topological polar surface area (TPSA) is 53.1 Å². The highest BCUT2D eigenvalue weighted by molar-refractivity contribution is 5.82. The van der Waals surface area contributed by atoms with Crippen molar-refractivity contribution in [2.45, 2.75) is 54.0 Å². The highest BCUT2D eigenvalue weighted by atomic mass is 15.1. The van der Waals surface area contributed by atoms with Crippen molar-refractivity contribution >= 4 is 5.84 Å². The van der Waals surface area contributed by atoms with Gasteiger partial charge in [0.2, 0.25) is 0 Å². The summed E-state index contributed by atoms with van der Waals surface area (Å²) in [6.07, 6.45) is 0.952. The van der Waals surface area contributed by atoms with E-state index in [4.69, 9.17) is 11.1 Å². The lowest BCUT2D eigenvalue weighted by Gasteiger charge is -2.32. The van der Waals surface area contributed by atoms with Crippen LogP contribution < -0.4 is 5.73 Å². The second-order valence-corrected chi connectivity index (χ2v) is 6.03. The first kappa shape index (κ1) is 15.4. The van der Waals surface area contributed by atoms with E-state index in [1.807, 2.05) is 13.8 Å². The van der Waals surface area contributed by atoms with Crippen LogP contribution in [0.1, 0.15) is 48.0 Å². The average molecular weight is 227 g/mol. The molecule has 0 radical (unpaired) electrons. The number of nitrogens with zero attached hydrogens (tertiary/aromatic N) is 1. The van der Waals surface area contributed by atoms with Gasteiger partial charge in [0.15, 0.2) is 0 Å². The van der Waals surface area contributed by atoms with Gasteiger partial charge in [-0.1, -0.05) is 27.7 Å². The van der Waals surface area contributed by atoms with Crippen LogP contribution in [0.2, 0.25) is 0 Å². The molecule has 0 unspecified atom stereocenters. The number of amidine groups is 1. The summed E-state index contributed by atoms with van der Waals surface area (Å²) < 4.78 is 0. The van der Waals surface area contributed by atoms with E-state index < -0.39 is 0 Å². The molecule has 0 heterocycles. The van der Waals surface area contributed by atoms with Crippen LogP contribution in [0.5, 0.6) is 0 Å². The van der Waals surface area contributed by atoms with E-state index in [9.17, 15) is 0 Å². The third-order valence-corrected chi connectivity index (χ3v) is 3.08. The van der Waals surface area contributed by atoms with Crippen molar-refractivity contribution in [1.29, 1.82) is 5.41 Å². The van der Waals surface area contributed by atoms with Crippen LogP contribution in [-0.4, -0.2) is 29.9 Å². The van der Waals surface area contributed by atoms with Crippen molar-refractivity contribution in [2.24, 2.45) is 17.1 Å². The molecule has 0 aromatic rings. The molecule has 3 heteroatoms. The summed E-state index contributed by atoms with van der Waals surface area (Å²) in [6, 6.07) is 0.560. The van der Waals surface area contributed by atoms with Gasteiger partial charge in [0.1, 0.15) is 0 Å². The molecule has 0 aliphatic rings. The lowest BCUT2D eigenvalue weighted by molar-refractivity contribution is 0.180. The van der Waals surface area contributed by atoms with Crippen LogP contribution >= 0.6 is 0 Å². The van der Waals surface area contributed by atoms with Crippen LogP contribution in [0.15, 0.2) is 0 Å². The van der Waals surface area contributed by atoms with Gasteiger partial charge in [0.25, 0.3) is 0 Å². The summed E-state index contributed by atoms with van der Waals surface area (Å²) in [5.41, 5.74) is 5.42. The number of nitrogens with two attached hydrogens (primary N) is 1. The van der Waals surface area contributed by atoms with Gasteiger partial charge in [-0.2, -0.15) is 0 Å². The zero-order valence-electron chi connectivity index (χ0n) is 11.8. The molecule has 96 valence electrons. The normalized spacial score (nSPS) is 12.8. The maximum Gasteiger partial charge on any atom is 0.0963 e. The van der Waals surface area contributed by atoms with E-state index in [0.29, 0.717) is 17.8 Å². The molecule has 0 bridgehead atoms. The quantitative estimate of drug-likeness (QED) is 0.519. The smallest absolute Gasteiger partial charge is 0.0963 e. The predicted octanol–water partition coefficient (Wildman–Crippen LogP) is 2.71. The Bertz CT molecular complexity index is 219. The van der Waals surface area contributed by atoms with Crippen molar-refractivity contribution in [2.75, 3.05) is 13.1 Å². The first-order chi connectivity index (χ1) is 7.16. The Morgan fingerprint density at radius 2 is 1.75 bits per heavy atom. The molecule has 0 fully saturated rings. The summed E-state index contributed by atoms with van der Waals surface area (Å²) in [6.45, 7) is 15.2. The van der Waals surface area contributed by atoms with Gasteiger partial charge >= 0.3 is 0 Å². The highest BCUT2D eigenvalue weighted by Gasteiger charge is 2.23. The first-order valence-electron chi connectivity index (χ1n) is 6.25. The highest BCUT2D eigenvalue weighted by Crippen LogP contribution is 2.21. The Labute approximate surface area is 101 Å². The Morgan fingerprint density at radius 1 is 1.25 bits per heavy atom. The molecule has 3 N–H and O–H groups in total. The fraction of sp³-hybridized carbons (Fsp3) is 0.923. The molecular formula is C13H29N3. The second-order valence-electron chi connectivity index (χ2n) is 6.03. The Balaban J connectivity index is 4.27. The number of hydrogen-bond acceptors (Lipinski definition) is 2. The van der Waals surface area contributed by atoms with Crippen molar-refractivity contribution in [3.63, 3.8) is 0 Å². The third-order valence-electron chi connectivity index (χ3n) is 3.08. The lowest BCUT2D eigenvalue weighted by Crippen LogP contribution is -2.39. The van der Waals surface area contributed by atoms with E-state index in [0.717, 1.165) is 19.5 Å². The predicted molar refractivity (Wildman–Crippen MR) is 71.9 cm³/mol. The minimum Gasteiger partial charge on any atom is -0.387 e. The molecule has 0 aliphatic carbocycles. The molecule has 0 saturated carbocycles. The molecule has 0 saturated heterocycles. The van der Waals surface area contributed by atoms with Crippen LogP contribution in [-0.2, 0) is 0 Å². The maximum absolute atomic E-state index is 7.55. The first-order valence-corrected chi connectivity index (χ1v) is 6.25. The second kappa shape index (κ2) is 6.24. The third kappa shape index (κ3) is 5.50. The molecular weight excluding hydrogens is 198 g/mol. The molecule has 3 nitrogen and oxygen atoms in total. The number of hydrogen-bond donors (Lipinski definition) is 2. The monoisotopic (exact) mass is 227 g/mol. The van der Waals surface area contributed by atoms with Gasteiger partial charge in [-0.25, -0.2) is 0 Å². The summed E-state index contributed by atoms with van der Waals surface area (Å²) >= 11 is 0. The average Bonchev–Trinajstić information content (AvgIpc) is 2.10. The van der Waals surface area contributed by atoms with Crippen LogP contribution in [0.25, 0.3) is 0 Å². The minimum absolute atomic E-state index is 0.176. The molecule has 0 aromatic carbocycles. The molecule has 0 amide bonds. The standard InChI is InChI=1S/C13H29N3/c1-10(2)9-16(11(3)4)8-7-13(5,6)12(14)15/h10-11H,7-9H2,1-6H3,(H3,14,15). The van der Waals surface area contributed by atoms with Crippen LogP contribution in [0.3, 0.4) is 0 Å². The van der Waals surface area contributed by atoms with Gasteiger partial charge in [0, 0.05) is 18.0 Å². The van der Waals surface area contributed by atoms with Gasteiger partial charge in [-0.05, 0) is 32.7 Å². The lowest BCUT2D eigenvalue weighted by atomic mass is 9.87. The zero-order valence-corrected chi connectivity index (χ0v) is 11.8. The van der Waals surface area contributed by atoms with E-state index in [1.165, 1.54) is 0 Å². The van der Waals surface area contributed by atoms with Gasteiger partial charge in [-0.15, -0.1) is 0 Å². The van der Waals surface area contributed by atoms with Crippen molar-refractivity contribution < 1.29 is 0 Å². The van der Waals surface area contributed by atoms with Crippen LogP contribution in [0.4, 0.5) is 0 Å². The van der Waals surface area contributed by atoms with Gasteiger partial charge in [-0.3, -0.25) is 5.41 Å². The van der Waals surface area contributed by atoms with E-state index in [-0.39, 0.29) is 5.41 Å². The number of rotatable bonds is 7. The molecule has 0 rings (SSSR count). The summed E-state index contributed by atoms with van der Waals surface area (Å²) in [5.74, 6) is 0.976. The van der Waals surface area contributed by atoms with Crippen molar-refractivity contribution in [1.82, 2.24) is 4.90 Å². The van der Waals surface area contributed by atoms with Gasteiger partial charge < -0.3 is 10.6 Å². The summed E-state index contributed by atoms with van der Waals surface area (Å²) in [4.78, 5) is 2.47. The number of nitrogens with one attached hydrogen (secondary N) is 1. The van der Waals surface area contributed by atoms with Crippen molar-refractivity contribution in [3.8, 4) is 0 Å². The molecule has 0 spiro atoms. The van der Waals surface area contributed by atoms with E-state index in [1.54, 1.807) is 0 Å².